The van der Waals surface area contributed by atoms with Crippen molar-refractivity contribution in [1.82, 2.24) is 5.16 Å². The molecule has 1 unspecified atom stereocenters. The van der Waals surface area contributed by atoms with Crippen LogP contribution in [0.1, 0.15) is 85.3 Å². The van der Waals surface area contributed by atoms with E-state index in [9.17, 15) is 18.0 Å². The summed E-state index contributed by atoms with van der Waals surface area (Å²) in [6.45, 7) is 10.0. The number of alkyl halides is 3. The van der Waals surface area contributed by atoms with Gasteiger partial charge in [-0.2, -0.15) is 13.2 Å². The summed E-state index contributed by atoms with van der Waals surface area (Å²) in [5.74, 6) is -0.113. The van der Waals surface area contributed by atoms with Crippen LogP contribution in [-0.4, -0.2) is 36.2 Å². The molecule has 0 aromatic carbocycles. The van der Waals surface area contributed by atoms with Gasteiger partial charge in [-0.3, -0.25) is 10.1 Å². The van der Waals surface area contributed by atoms with Crippen molar-refractivity contribution < 1.29 is 32.0 Å². The van der Waals surface area contributed by atoms with Gasteiger partial charge in [0.25, 0.3) is 0 Å². The van der Waals surface area contributed by atoms with Crippen molar-refractivity contribution in [3.05, 3.63) is 11.8 Å². The largest absolute Gasteiger partial charge is 0.389 e. The molecule has 2 atom stereocenters. The Kier molecular flexibility index (Phi) is 8.55. The first-order valence-corrected chi connectivity index (χ1v) is 10.9. The van der Waals surface area contributed by atoms with Crippen LogP contribution in [0.4, 0.5) is 19.1 Å². The Morgan fingerprint density at radius 2 is 1.90 bits per heavy atom. The zero-order valence-corrected chi connectivity index (χ0v) is 19.1. The number of ether oxygens (including phenoxy) is 2. The summed E-state index contributed by atoms with van der Waals surface area (Å²) in [5, 5.41) is 6.80. The van der Waals surface area contributed by atoms with Gasteiger partial charge in [-0.1, -0.05) is 39.3 Å². The molecule has 1 saturated heterocycles. The third kappa shape index (κ3) is 7.79. The van der Waals surface area contributed by atoms with Gasteiger partial charge in [-0.25, -0.2) is 0 Å². The predicted molar refractivity (Wildman–Crippen MR) is 111 cm³/mol. The van der Waals surface area contributed by atoms with E-state index < -0.39 is 23.4 Å². The minimum absolute atomic E-state index is 0.00342. The molecular weight excluding hydrogens is 413 g/mol. The van der Waals surface area contributed by atoms with E-state index in [1.54, 1.807) is 19.9 Å². The third-order valence-electron chi connectivity index (χ3n) is 6.04. The lowest BCUT2D eigenvalue weighted by molar-refractivity contribution is -0.196. The number of hydrogen-bond donors (Lipinski definition) is 1. The number of aromatic nitrogens is 1. The molecule has 0 bridgehead atoms. The monoisotopic (exact) mass is 448 g/mol. The van der Waals surface area contributed by atoms with Crippen molar-refractivity contribution in [2.75, 3.05) is 11.9 Å². The lowest BCUT2D eigenvalue weighted by atomic mass is 9.83. The molecule has 31 heavy (non-hydrogen) atoms. The summed E-state index contributed by atoms with van der Waals surface area (Å²) in [7, 11) is 0. The number of rotatable bonds is 10. The van der Waals surface area contributed by atoms with E-state index in [4.69, 9.17) is 14.0 Å². The van der Waals surface area contributed by atoms with E-state index in [0.29, 0.717) is 25.1 Å². The lowest BCUT2D eigenvalue weighted by Crippen LogP contribution is -2.38. The van der Waals surface area contributed by atoms with Gasteiger partial charge in [0.1, 0.15) is 0 Å². The number of nitrogens with one attached hydrogen (secondary N) is 1. The van der Waals surface area contributed by atoms with Crippen LogP contribution < -0.4 is 5.32 Å². The van der Waals surface area contributed by atoms with Crippen LogP contribution in [0.2, 0.25) is 0 Å². The molecule has 0 spiro atoms. The molecular formula is C22H35F3N2O4. The fraction of sp³-hybridized carbons (Fsp3) is 0.818. The van der Waals surface area contributed by atoms with E-state index in [1.807, 2.05) is 20.8 Å². The van der Waals surface area contributed by atoms with Crippen LogP contribution in [0.25, 0.3) is 0 Å². The van der Waals surface area contributed by atoms with E-state index in [1.165, 1.54) is 0 Å². The van der Waals surface area contributed by atoms with Gasteiger partial charge in [0, 0.05) is 29.9 Å². The van der Waals surface area contributed by atoms with Crippen molar-refractivity contribution in [2.45, 2.75) is 104 Å². The van der Waals surface area contributed by atoms with Gasteiger partial charge in [-0.15, -0.1) is 0 Å². The summed E-state index contributed by atoms with van der Waals surface area (Å²) in [6.07, 6.45) is -1.80. The number of nitrogens with zero attached hydrogens (tertiary/aromatic N) is 1. The van der Waals surface area contributed by atoms with Crippen molar-refractivity contribution >= 4 is 11.8 Å². The quantitative estimate of drug-likeness (QED) is 0.446. The Balaban J connectivity index is 1.90. The summed E-state index contributed by atoms with van der Waals surface area (Å²) in [5.41, 5.74) is -0.683. The van der Waals surface area contributed by atoms with Gasteiger partial charge >= 0.3 is 6.18 Å². The Labute approximate surface area is 182 Å². The van der Waals surface area contributed by atoms with Gasteiger partial charge in [0.2, 0.25) is 11.8 Å². The van der Waals surface area contributed by atoms with Crippen molar-refractivity contribution in [3.8, 4) is 0 Å². The smallest absolute Gasteiger partial charge is 0.353 e. The maximum atomic E-state index is 12.6. The summed E-state index contributed by atoms with van der Waals surface area (Å²) in [6, 6.07) is 1.67. The number of carbonyl (C=O) groups is 1. The topological polar surface area (TPSA) is 73.6 Å². The number of unbranched alkanes of at least 4 members (excludes halogenated alkanes) is 1. The normalized spacial score (nSPS) is 19.3. The Morgan fingerprint density at radius 1 is 1.23 bits per heavy atom. The lowest BCUT2D eigenvalue weighted by Gasteiger charge is -2.34. The SMILES string of the molecule is C[C@H](OC1CCCCO1)C(C)(C)c1cc(NC(=O)C(C)(C)CCCCC(F)(F)F)on1. The molecule has 0 saturated carbocycles. The van der Waals surface area contributed by atoms with E-state index >= 15 is 0 Å². The number of carbonyl (C=O) groups excluding carboxylic acids is 1. The highest BCUT2D eigenvalue weighted by atomic mass is 19.4. The van der Waals surface area contributed by atoms with Crippen molar-refractivity contribution in [2.24, 2.45) is 5.41 Å². The maximum absolute atomic E-state index is 12.6. The standard InChI is InChI=1S/C22H35F3N2O4/c1-15(30-18-10-6-9-13-29-18)21(4,5)16-14-17(31-27-16)26-19(28)20(2,3)11-7-8-12-22(23,24)25/h14-15,18H,6-13H2,1-5H3,(H,26,28)/t15-,18?/m0/s1. The van der Waals surface area contributed by atoms with Crippen LogP contribution >= 0.6 is 0 Å². The molecule has 0 aliphatic carbocycles. The Morgan fingerprint density at radius 3 is 2.52 bits per heavy atom. The first-order valence-electron chi connectivity index (χ1n) is 10.9. The molecule has 0 radical (unpaired) electrons. The van der Waals surface area contributed by atoms with E-state index in [-0.39, 0.29) is 30.6 Å². The number of hydrogen-bond acceptors (Lipinski definition) is 5. The van der Waals surface area contributed by atoms with Crippen LogP contribution in [0.5, 0.6) is 0 Å². The molecule has 178 valence electrons. The molecule has 1 aromatic heterocycles. The third-order valence-corrected chi connectivity index (χ3v) is 6.04. The minimum Gasteiger partial charge on any atom is -0.353 e. The average molecular weight is 449 g/mol. The van der Waals surface area contributed by atoms with Crippen LogP contribution in [0.15, 0.2) is 10.6 Å². The number of amides is 1. The minimum atomic E-state index is -4.17. The second-order valence-electron chi connectivity index (χ2n) is 9.53. The molecule has 1 aliphatic heterocycles. The summed E-state index contributed by atoms with van der Waals surface area (Å²) < 4.78 is 53.9. The molecule has 9 heteroatoms. The van der Waals surface area contributed by atoms with Gasteiger partial charge in [0.05, 0.1) is 11.8 Å². The molecule has 2 rings (SSSR count). The van der Waals surface area contributed by atoms with Gasteiger partial charge in [-0.05, 0) is 39.0 Å². The fourth-order valence-electron chi connectivity index (χ4n) is 3.35. The Hall–Kier alpha value is -1.61. The second kappa shape index (κ2) is 10.3. The predicted octanol–water partition coefficient (Wildman–Crippen LogP) is 5.97. The highest BCUT2D eigenvalue weighted by molar-refractivity contribution is 5.93. The molecule has 1 fully saturated rings. The van der Waals surface area contributed by atoms with Crippen LogP contribution in [-0.2, 0) is 19.7 Å². The highest BCUT2D eigenvalue weighted by Gasteiger charge is 2.35. The fourth-order valence-corrected chi connectivity index (χ4v) is 3.35. The molecule has 2 heterocycles. The molecule has 1 aliphatic rings. The summed E-state index contributed by atoms with van der Waals surface area (Å²) >= 11 is 0. The molecule has 6 nitrogen and oxygen atoms in total. The van der Waals surface area contributed by atoms with E-state index in [0.717, 1.165) is 19.3 Å². The first kappa shape index (κ1) is 25.6. The van der Waals surface area contributed by atoms with Gasteiger partial charge in [0.15, 0.2) is 6.29 Å². The Bertz CT molecular complexity index is 710. The van der Waals surface area contributed by atoms with Crippen molar-refractivity contribution in [3.63, 3.8) is 0 Å². The molecule has 1 aromatic rings. The highest BCUT2D eigenvalue weighted by Crippen LogP contribution is 2.33. The number of anilines is 1. The first-order chi connectivity index (χ1) is 14.3. The molecule has 1 amide bonds. The zero-order chi connectivity index (χ0) is 23.3. The maximum Gasteiger partial charge on any atom is 0.389 e. The summed E-state index contributed by atoms with van der Waals surface area (Å²) in [4.78, 5) is 12.6. The zero-order valence-electron chi connectivity index (χ0n) is 19.1. The van der Waals surface area contributed by atoms with E-state index in [2.05, 4.69) is 10.5 Å². The van der Waals surface area contributed by atoms with Crippen LogP contribution in [0.3, 0.4) is 0 Å². The second-order valence-corrected chi connectivity index (χ2v) is 9.53. The number of halogens is 3. The molecule has 1 N–H and O–H groups in total. The van der Waals surface area contributed by atoms with Crippen molar-refractivity contribution in [1.29, 1.82) is 0 Å². The van der Waals surface area contributed by atoms with Crippen LogP contribution in [0, 0.1) is 5.41 Å². The van der Waals surface area contributed by atoms with Gasteiger partial charge < -0.3 is 14.0 Å². The average Bonchev–Trinajstić information content (AvgIpc) is 3.14.